The second kappa shape index (κ2) is 28.2. The van der Waals surface area contributed by atoms with Crippen molar-refractivity contribution in [3.63, 3.8) is 0 Å². The lowest BCUT2D eigenvalue weighted by Crippen LogP contribution is -2.20. The summed E-state index contributed by atoms with van der Waals surface area (Å²) in [6, 6.07) is 43.1. The molecule has 6 aromatic carbocycles. The molecule has 6 rings (SSSR count). The molecule has 0 heterocycles. The number of aliphatic hydroxyl groups is 1. The van der Waals surface area contributed by atoms with Crippen molar-refractivity contribution in [1.29, 1.82) is 0 Å². The van der Waals surface area contributed by atoms with Crippen molar-refractivity contribution in [3.05, 3.63) is 226 Å². The third kappa shape index (κ3) is 16.2. The van der Waals surface area contributed by atoms with Crippen LogP contribution in [0.1, 0.15) is 116 Å². The van der Waals surface area contributed by atoms with Gasteiger partial charge in [0.1, 0.15) is 17.6 Å². The first-order valence-corrected chi connectivity index (χ1v) is 22.5. The molecule has 0 fully saturated rings. The maximum atomic E-state index is 13.4. The maximum absolute atomic E-state index is 13.4. The number of carbonyl (C=O) groups is 3. The lowest BCUT2D eigenvalue weighted by Gasteiger charge is -2.24. The smallest absolute Gasteiger partial charge is 0.339 e. The maximum Gasteiger partial charge on any atom is 0.339 e. The number of hydrogen-bond acceptors (Lipinski definition) is 8. The van der Waals surface area contributed by atoms with Crippen molar-refractivity contribution in [2.45, 2.75) is 46.0 Å². The Hall–Kier alpha value is -6.97. The molecule has 0 bridgehead atoms. The van der Waals surface area contributed by atoms with Crippen LogP contribution in [0.5, 0.6) is 11.5 Å². The molecule has 0 aliphatic heterocycles. The molecule has 346 valence electrons. The number of halogens is 2. The Labute approximate surface area is 404 Å². The van der Waals surface area contributed by atoms with Gasteiger partial charge < -0.3 is 24.1 Å². The number of carbonyl (C=O) groups excluding carboxylic acids is 3. The largest absolute Gasteiger partial charge is 0.497 e. The van der Waals surface area contributed by atoms with E-state index in [1.807, 2.05) is 161 Å². The number of methoxy groups -OCH3 is 2. The fourth-order valence-electron chi connectivity index (χ4n) is 6.64. The molecule has 8 nitrogen and oxygen atoms in total. The number of Topliss-reactive ketones (excluding diaryl/α,β-unsaturated/α-hetero) is 1. The fraction of sp³-hybridized carbons (Fsp3) is 0.175. The lowest BCUT2D eigenvalue weighted by molar-refractivity contribution is -0.0209. The van der Waals surface area contributed by atoms with E-state index < -0.39 is 30.3 Å². The van der Waals surface area contributed by atoms with Gasteiger partial charge in [-0.05, 0) is 110 Å². The summed E-state index contributed by atoms with van der Waals surface area (Å²) in [6.45, 7) is 7.78. The second-order valence-electron chi connectivity index (χ2n) is 14.6. The van der Waals surface area contributed by atoms with Gasteiger partial charge in [0, 0.05) is 11.1 Å². The van der Waals surface area contributed by atoms with E-state index in [4.69, 9.17) is 42.1 Å². The quantitative estimate of drug-likeness (QED) is 0.0581. The van der Waals surface area contributed by atoms with Gasteiger partial charge >= 0.3 is 11.9 Å². The number of aliphatic hydroxyl groups excluding tert-OH is 1. The van der Waals surface area contributed by atoms with Gasteiger partial charge in [0.05, 0.1) is 30.7 Å². The van der Waals surface area contributed by atoms with E-state index in [0.29, 0.717) is 44.9 Å². The topological polar surface area (TPSA) is 108 Å². The first kappa shape index (κ1) is 52.7. The predicted molar refractivity (Wildman–Crippen MR) is 273 cm³/mol. The van der Waals surface area contributed by atoms with Crippen LogP contribution in [-0.2, 0) is 9.47 Å². The van der Waals surface area contributed by atoms with Crippen LogP contribution < -0.4 is 9.47 Å². The second-order valence-corrected chi connectivity index (χ2v) is 15.4. The summed E-state index contributed by atoms with van der Waals surface area (Å²) in [5.74, 6) is -0.0830. The molecular weight excluding hydrogens is 884 g/mol. The number of allylic oxidation sites excluding steroid dienone is 4. The molecule has 0 spiro atoms. The van der Waals surface area contributed by atoms with E-state index in [-0.39, 0.29) is 11.1 Å². The number of ether oxygens (including phenoxy) is 4. The SMILES string of the molecule is C/C=C/c1ccc(C(=O)C(OC(=O)c2ccc(OC)cc2)c2ccc(/C=C/C)cc2)cc1.C/C=C/c1ccc(C(O)C(OC(=O)c2ccc(OC)cc2)c2ccc(/C=C/C)cc2)cc1.ClCCl. The molecule has 1 N–H and O–H groups in total. The molecule has 6 aromatic rings. The molecule has 0 amide bonds. The number of hydrogen-bond donors (Lipinski definition) is 1. The van der Waals surface area contributed by atoms with Crippen LogP contribution in [0.3, 0.4) is 0 Å². The van der Waals surface area contributed by atoms with E-state index in [1.165, 1.54) is 0 Å². The molecule has 67 heavy (non-hydrogen) atoms. The Bertz CT molecular complexity index is 2560. The van der Waals surface area contributed by atoms with Crippen LogP contribution in [0.15, 0.2) is 170 Å². The van der Waals surface area contributed by atoms with Crippen LogP contribution in [0.25, 0.3) is 24.3 Å². The number of ketones is 1. The van der Waals surface area contributed by atoms with Crippen molar-refractivity contribution >= 4 is 65.2 Å². The van der Waals surface area contributed by atoms with Gasteiger partial charge in [-0.25, -0.2) is 9.59 Å². The average Bonchev–Trinajstić information content (AvgIpc) is 3.36. The average molecular weight is 940 g/mol. The Balaban J connectivity index is 0.000000276. The Morgan fingerprint density at radius 1 is 0.463 bits per heavy atom. The molecule has 10 heteroatoms. The molecule has 0 aliphatic carbocycles. The van der Waals surface area contributed by atoms with Crippen molar-refractivity contribution < 1.29 is 38.4 Å². The highest BCUT2D eigenvalue weighted by Crippen LogP contribution is 2.34. The summed E-state index contributed by atoms with van der Waals surface area (Å²) in [6.07, 6.45) is 12.7. The normalized spacial score (nSPS) is 12.4. The van der Waals surface area contributed by atoms with Gasteiger partial charge in [0.2, 0.25) is 5.78 Å². The van der Waals surface area contributed by atoms with Gasteiger partial charge in [0.15, 0.2) is 12.2 Å². The van der Waals surface area contributed by atoms with E-state index in [0.717, 1.165) is 22.3 Å². The Kier molecular flexibility index (Phi) is 22.1. The summed E-state index contributed by atoms with van der Waals surface area (Å²) in [5, 5.41) is 11.4. The van der Waals surface area contributed by atoms with Gasteiger partial charge in [0.25, 0.3) is 0 Å². The molecular formula is C57H56Cl2O8. The zero-order chi connectivity index (χ0) is 48.6. The third-order valence-electron chi connectivity index (χ3n) is 10.0. The van der Waals surface area contributed by atoms with Crippen molar-refractivity contribution in [2.75, 3.05) is 19.6 Å². The van der Waals surface area contributed by atoms with Crippen molar-refractivity contribution in [3.8, 4) is 11.5 Å². The van der Waals surface area contributed by atoms with Crippen LogP contribution in [0.4, 0.5) is 0 Å². The minimum atomic E-state index is -1.06. The monoisotopic (exact) mass is 938 g/mol. The standard InChI is InChI=1S/C28H28O4.C28H26O4.CH2Cl2/c2*1-4-6-20-8-12-22(13-9-20)26(29)27(23-14-10-21(7-5-2)11-15-23)32-28(30)24-16-18-25(31-3)19-17-24;2-1-3/h4-19,26-27,29H,1-3H3;4-19,27H,1-3H3;1H2/b2*6-4+,7-5+;. The first-order valence-electron chi connectivity index (χ1n) is 21.5. The lowest BCUT2D eigenvalue weighted by atomic mass is 9.96. The number of alkyl halides is 2. The van der Waals surface area contributed by atoms with E-state index in [1.54, 1.807) is 74.9 Å². The molecule has 3 atom stereocenters. The summed E-state index contributed by atoms with van der Waals surface area (Å²) < 4.78 is 21.8. The summed E-state index contributed by atoms with van der Waals surface area (Å²) >= 11 is 9.53. The predicted octanol–water partition coefficient (Wildman–Crippen LogP) is 14.4. The highest BCUT2D eigenvalue weighted by atomic mass is 35.5. The number of esters is 2. The zero-order valence-corrected chi connectivity index (χ0v) is 40.0. The summed E-state index contributed by atoms with van der Waals surface area (Å²) in [7, 11) is 3.12. The molecule has 0 saturated carbocycles. The Morgan fingerprint density at radius 3 is 1.13 bits per heavy atom. The van der Waals surface area contributed by atoms with Crippen LogP contribution in [-0.4, -0.2) is 42.4 Å². The van der Waals surface area contributed by atoms with Crippen molar-refractivity contribution in [2.24, 2.45) is 0 Å². The Morgan fingerprint density at radius 2 is 0.776 bits per heavy atom. The molecule has 0 radical (unpaired) electrons. The van der Waals surface area contributed by atoms with E-state index >= 15 is 0 Å². The minimum Gasteiger partial charge on any atom is -0.497 e. The summed E-state index contributed by atoms with van der Waals surface area (Å²) in [5.41, 5.74) is 7.26. The number of benzene rings is 6. The van der Waals surface area contributed by atoms with Gasteiger partial charge in [-0.1, -0.05) is 146 Å². The van der Waals surface area contributed by atoms with Gasteiger partial charge in [-0.3, -0.25) is 4.79 Å². The summed E-state index contributed by atoms with van der Waals surface area (Å²) in [4.78, 5) is 39.1. The van der Waals surface area contributed by atoms with E-state index in [9.17, 15) is 19.5 Å². The minimum absolute atomic E-state index is 0.194. The fourth-order valence-corrected chi connectivity index (χ4v) is 6.64. The highest BCUT2D eigenvalue weighted by molar-refractivity contribution is 6.40. The molecule has 0 aliphatic rings. The van der Waals surface area contributed by atoms with Crippen molar-refractivity contribution in [1.82, 2.24) is 0 Å². The first-order chi connectivity index (χ1) is 32.5. The van der Waals surface area contributed by atoms with Crippen LogP contribution in [0.2, 0.25) is 0 Å². The number of rotatable bonds is 16. The molecule has 0 saturated heterocycles. The highest BCUT2D eigenvalue weighted by Gasteiger charge is 2.29. The van der Waals surface area contributed by atoms with Gasteiger partial charge in [-0.2, -0.15) is 0 Å². The third-order valence-corrected chi connectivity index (χ3v) is 10.0. The van der Waals surface area contributed by atoms with Crippen LogP contribution >= 0.6 is 23.2 Å². The van der Waals surface area contributed by atoms with Gasteiger partial charge in [-0.15, -0.1) is 23.2 Å². The zero-order valence-electron chi connectivity index (χ0n) is 38.5. The van der Waals surface area contributed by atoms with Crippen LogP contribution in [0, 0.1) is 0 Å². The van der Waals surface area contributed by atoms with E-state index in [2.05, 4.69) is 0 Å². The molecule has 0 aromatic heterocycles. The molecule has 3 unspecified atom stereocenters.